The molecule has 0 saturated carbocycles. The van der Waals surface area contributed by atoms with Gasteiger partial charge >= 0.3 is 0 Å². The van der Waals surface area contributed by atoms with Crippen LogP contribution in [-0.4, -0.2) is 35.5 Å². The number of ether oxygens (including phenoxy) is 2. The standard InChI is InChI=1S/C30H22BrClN4O4/c1-39-26-16-19(15-24(31)28(26)40-18-27(37)34-22-13-11-21(32)12-14-22)17-33-36-29(20-7-3-2-4-8-20)35-25-10-6-5-9-23(25)30(36)38/h2-17H,18H2,1H3,(H,34,37). The van der Waals surface area contributed by atoms with Crippen LogP contribution in [0.3, 0.4) is 0 Å². The van der Waals surface area contributed by atoms with Gasteiger partial charge in [0.1, 0.15) is 0 Å². The molecule has 40 heavy (non-hydrogen) atoms. The van der Waals surface area contributed by atoms with E-state index in [1.54, 1.807) is 54.6 Å². The van der Waals surface area contributed by atoms with E-state index in [0.717, 1.165) is 5.56 Å². The fourth-order valence-electron chi connectivity index (χ4n) is 3.95. The molecule has 1 N–H and O–H groups in total. The number of benzene rings is 4. The summed E-state index contributed by atoms with van der Waals surface area (Å²) in [6, 6.07) is 26.8. The minimum atomic E-state index is -0.349. The lowest BCUT2D eigenvalue weighted by molar-refractivity contribution is -0.118. The van der Waals surface area contributed by atoms with Crippen molar-refractivity contribution in [3.05, 3.63) is 116 Å². The molecule has 0 aliphatic rings. The van der Waals surface area contributed by atoms with Crippen molar-refractivity contribution < 1.29 is 14.3 Å². The van der Waals surface area contributed by atoms with Gasteiger partial charge in [-0.3, -0.25) is 9.59 Å². The number of methoxy groups -OCH3 is 1. The first-order valence-electron chi connectivity index (χ1n) is 12.1. The number of carbonyl (C=O) groups is 1. The van der Waals surface area contributed by atoms with Gasteiger partial charge in [-0.05, 0) is 70.0 Å². The number of hydrogen-bond donors (Lipinski definition) is 1. The van der Waals surface area contributed by atoms with Gasteiger partial charge in [0.05, 0.1) is 28.7 Å². The third kappa shape index (κ3) is 6.06. The highest BCUT2D eigenvalue weighted by molar-refractivity contribution is 9.10. The Morgan fingerprint density at radius 3 is 2.52 bits per heavy atom. The zero-order valence-electron chi connectivity index (χ0n) is 21.2. The number of rotatable bonds is 8. The first-order valence-corrected chi connectivity index (χ1v) is 13.3. The van der Waals surface area contributed by atoms with E-state index < -0.39 is 0 Å². The van der Waals surface area contributed by atoms with Gasteiger partial charge in [-0.15, -0.1) is 0 Å². The highest BCUT2D eigenvalue weighted by atomic mass is 79.9. The lowest BCUT2D eigenvalue weighted by atomic mass is 10.2. The van der Waals surface area contributed by atoms with Gasteiger partial charge in [0.2, 0.25) is 0 Å². The molecule has 0 unspecified atom stereocenters. The predicted octanol–water partition coefficient (Wildman–Crippen LogP) is 6.39. The van der Waals surface area contributed by atoms with Crippen molar-refractivity contribution in [1.29, 1.82) is 0 Å². The van der Waals surface area contributed by atoms with Crippen LogP contribution in [0.2, 0.25) is 5.02 Å². The van der Waals surface area contributed by atoms with E-state index in [-0.39, 0.29) is 18.1 Å². The van der Waals surface area contributed by atoms with Crippen molar-refractivity contribution in [3.63, 3.8) is 0 Å². The largest absolute Gasteiger partial charge is 0.493 e. The van der Waals surface area contributed by atoms with Gasteiger partial charge in [-0.25, -0.2) is 4.98 Å². The third-order valence-corrected chi connectivity index (χ3v) is 6.68. The van der Waals surface area contributed by atoms with Crippen molar-refractivity contribution in [3.8, 4) is 22.9 Å². The summed E-state index contributed by atoms with van der Waals surface area (Å²) < 4.78 is 13.1. The lowest BCUT2D eigenvalue weighted by Crippen LogP contribution is -2.20. The Morgan fingerprint density at radius 2 is 1.77 bits per heavy atom. The SMILES string of the molecule is COc1cc(C=Nn2c(-c3ccccc3)nc3ccccc3c2=O)cc(Br)c1OCC(=O)Nc1ccc(Cl)cc1. The number of aromatic nitrogens is 2. The molecule has 0 spiro atoms. The van der Waals surface area contributed by atoms with E-state index in [1.807, 2.05) is 36.4 Å². The molecule has 1 amide bonds. The molecule has 5 rings (SSSR count). The molecule has 8 nitrogen and oxygen atoms in total. The fraction of sp³-hybridized carbons (Fsp3) is 0.0667. The van der Waals surface area contributed by atoms with Gasteiger partial charge in [0.15, 0.2) is 23.9 Å². The molecule has 200 valence electrons. The molecule has 0 fully saturated rings. The second kappa shape index (κ2) is 12.1. The zero-order chi connectivity index (χ0) is 28.1. The Kier molecular flexibility index (Phi) is 8.23. The molecule has 10 heteroatoms. The highest BCUT2D eigenvalue weighted by Crippen LogP contribution is 2.36. The summed E-state index contributed by atoms with van der Waals surface area (Å²) in [5.41, 5.74) is 2.27. The summed E-state index contributed by atoms with van der Waals surface area (Å²) in [5.74, 6) is 0.791. The van der Waals surface area contributed by atoms with Crippen LogP contribution in [0.4, 0.5) is 5.69 Å². The van der Waals surface area contributed by atoms with Gasteiger partial charge in [0, 0.05) is 16.3 Å². The number of carbonyl (C=O) groups excluding carboxylic acids is 1. The number of anilines is 1. The van der Waals surface area contributed by atoms with E-state index in [0.29, 0.717) is 49.0 Å². The molecule has 5 aromatic rings. The van der Waals surface area contributed by atoms with Gasteiger partial charge in [0.25, 0.3) is 11.5 Å². The summed E-state index contributed by atoms with van der Waals surface area (Å²) in [6.45, 7) is -0.246. The van der Waals surface area contributed by atoms with E-state index in [9.17, 15) is 9.59 Å². The van der Waals surface area contributed by atoms with Crippen LogP contribution >= 0.6 is 27.5 Å². The molecule has 0 saturated heterocycles. The van der Waals surface area contributed by atoms with Crippen LogP contribution in [0.5, 0.6) is 11.5 Å². The molecular weight excluding hydrogens is 596 g/mol. The number of nitrogens with one attached hydrogen (secondary N) is 1. The average molecular weight is 618 g/mol. The smallest absolute Gasteiger partial charge is 0.282 e. The summed E-state index contributed by atoms with van der Waals surface area (Å²) in [7, 11) is 1.49. The van der Waals surface area contributed by atoms with Crippen LogP contribution in [0.15, 0.2) is 105 Å². The summed E-state index contributed by atoms with van der Waals surface area (Å²) in [5, 5.41) is 8.28. The molecule has 0 aliphatic carbocycles. The third-order valence-electron chi connectivity index (χ3n) is 5.84. The second-order valence-electron chi connectivity index (χ2n) is 8.56. The Hall–Kier alpha value is -4.47. The number of nitrogens with zero attached hydrogens (tertiary/aromatic N) is 3. The van der Waals surface area contributed by atoms with E-state index in [4.69, 9.17) is 26.1 Å². The molecular formula is C30H22BrClN4O4. The average Bonchev–Trinajstić information content (AvgIpc) is 2.97. The van der Waals surface area contributed by atoms with Crippen molar-refractivity contribution in [2.24, 2.45) is 5.10 Å². The maximum Gasteiger partial charge on any atom is 0.282 e. The van der Waals surface area contributed by atoms with E-state index in [2.05, 4.69) is 26.3 Å². The first kappa shape index (κ1) is 27.1. The second-order valence-corrected chi connectivity index (χ2v) is 9.85. The van der Waals surface area contributed by atoms with Crippen LogP contribution in [0.1, 0.15) is 5.56 Å². The Bertz CT molecular complexity index is 1770. The van der Waals surface area contributed by atoms with Crippen LogP contribution in [0, 0.1) is 0 Å². The van der Waals surface area contributed by atoms with Crippen molar-refractivity contribution in [1.82, 2.24) is 9.66 Å². The monoisotopic (exact) mass is 616 g/mol. The first-order chi connectivity index (χ1) is 19.4. The fourth-order valence-corrected chi connectivity index (χ4v) is 4.65. The predicted molar refractivity (Wildman–Crippen MR) is 161 cm³/mol. The summed E-state index contributed by atoms with van der Waals surface area (Å²) in [6.07, 6.45) is 1.54. The Labute approximate surface area is 243 Å². The number of amides is 1. The number of para-hydroxylation sites is 1. The molecule has 1 aromatic heterocycles. The quantitative estimate of drug-likeness (QED) is 0.204. The zero-order valence-corrected chi connectivity index (χ0v) is 23.5. The van der Waals surface area contributed by atoms with Gasteiger partial charge < -0.3 is 14.8 Å². The topological polar surface area (TPSA) is 94.8 Å². The van der Waals surface area contributed by atoms with Crippen LogP contribution in [-0.2, 0) is 4.79 Å². The van der Waals surface area contributed by atoms with E-state index >= 15 is 0 Å². The molecule has 0 radical (unpaired) electrons. The Morgan fingerprint density at radius 1 is 1.05 bits per heavy atom. The minimum Gasteiger partial charge on any atom is -0.493 e. The minimum absolute atomic E-state index is 0.246. The maximum absolute atomic E-state index is 13.4. The Balaban J connectivity index is 1.42. The summed E-state index contributed by atoms with van der Waals surface area (Å²) in [4.78, 5) is 30.5. The molecule has 4 aromatic carbocycles. The van der Waals surface area contributed by atoms with Gasteiger partial charge in [-0.1, -0.05) is 54.1 Å². The lowest BCUT2D eigenvalue weighted by Gasteiger charge is -2.14. The van der Waals surface area contributed by atoms with Crippen LogP contribution < -0.4 is 20.3 Å². The maximum atomic E-state index is 13.4. The molecule has 0 bridgehead atoms. The number of hydrogen-bond acceptors (Lipinski definition) is 6. The van der Waals surface area contributed by atoms with E-state index in [1.165, 1.54) is 18.0 Å². The molecule has 0 atom stereocenters. The number of halogens is 2. The molecule has 1 heterocycles. The van der Waals surface area contributed by atoms with Crippen molar-refractivity contribution in [2.45, 2.75) is 0 Å². The van der Waals surface area contributed by atoms with Gasteiger partial charge in [-0.2, -0.15) is 9.78 Å². The van der Waals surface area contributed by atoms with Crippen molar-refractivity contribution in [2.75, 3.05) is 19.0 Å². The number of fused-ring (bicyclic) bond motifs is 1. The van der Waals surface area contributed by atoms with Crippen molar-refractivity contribution >= 4 is 56.2 Å². The summed E-state index contributed by atoms with van der Waals surface area (Å²) >= 11 is 9.39. The molecule has 0 aliphatic heterocycles. The van der Waals surface area contributed by atoms with Crippen LogP contribution in [0.25, 0.3) is 22.3 Å². The normalized spacial score (nSPS) is 11.1. The highest BCUT2D eigenvalue weighted by Gasteiger charge is 2.15.